The average Bonchev–Trinajstić information content (AvgIpc) is 3.32. The molecular weight excluding hydrogens is 946 g/mol. The van der Waals surface area contributed by atoms with Crippen molar-refractivity contribution in [3.05, 3.63) is 0 Å². The van der Waals surface area contributed by atoms with E-state index in [0.717, 1.165) is 6.92 Å². The van der Waals surface area contributed by atoms with Crippen molar-refractivity contribution in [1.29, 1.82) is 0 Å². The highest BCUT2D eigenvalue weighted by Crippen LogP contribution is 2.37. The number of nitrogens with one attached hydrogen (secondary N) is 1. The third-order valence-electron chi connectivity index (χ3n) is 13.1. The Labute approximate surface area is 392 Å². The summed E-state index contributed by atoms with van der Waals surface area (Å²) in [5.41, 5.74) is 0. The highest BCUT2D eigenvalue weighted by atomic mass is 16.8. The van der Waals surface area contributed by atoms with Gasteiger partial charge in [-0.2, -0.15) is 0 Å². The van der Waals surface area contributed by atoms with Crippen LogP contribution in [0.4, 0.5) is 0 Å². The second kappa shape index (κ2) is 24.1. The summed E-state index contributed by atoms with van der Waals surface area (Å²) in [6.07, 6.45) is -51.7. The van der Waals surface area contributed by atoms with Gasteiger partial charge in [0, 0.05) is 6.92 Å². The van der Waals surface area contributed by atoms with E-state index < -0.39 is 223 Å². The standard InChI is InChI=1S/C39H67NO29/c1-9-19(48)24(53)30(15(7-44)59-9)65-37-28(57)26(55)31(16(8-45)64-37)66-38-29(58)33(22(51)14(6-43)62-38)68-35-17(40-11(3)46)32(21(50)13(5-42)61-35)67-39-34(25(54)20(49)12(4-41)63-39)69-36-27(56)23(52)18(47)10(2)60-36/h9-10,12-39,41-45,47-58H,4-8H2,1-3H3,(H,40,46)/t9-,10?,12?,13?,14?,15?,16?,17?,18+,19?,20-,21-,22-,23?,24+,25-,26+,27-,28?,29?,30+,31-,32+,33-,34?,35-,36-,37-,38+,39-/m0/s1. The molecule has 6 aliphatic rings. The lowest BCUT2D eigenvalue weighted by molar-refractivity contribution is -0.392. The molecule has 0 aromatic carbocycles. The van der Waals surface area contributed by atoms with Gasteiger partial charge < -0.3 is 144 Å². The van der Waals surface area contributed by atoms with Crippen molar-refractivity contribution >= 4 is 5.91 Å². The fourth-order valence-electron chi connectivity index (χ4n) is 9.04. The molecule has 69 heavy (non-hydrogen) atoms. The number of aliphatic hydroxyl groups excluding tert-OH is 17. The van der Waals surface area contributed by atoms with Crippen molar-refractivity contribution in [1.82, 2.24) is 5.32 Å². The van der Waals surface area contributed by atoms with Crippen LogP contribution < -0.4 is 5.32 Å². The predicted molar refractivity (Wildman–Crippen MR) is 213 cm³/mol. The van der Waals surface area contributed by atoms with E-state index in [4.69, 9.17) is 52.1 Å². The zero-order chi connectivity index (χ0) is 50.9. The van der Waals surface area contributed by atoms with Crippen LogP contribution in [-0.2, 0) is 56.9 Å². The zero-order valence-electron chi connectivity index (χ0n) is 37.4. The van der Waals surface area contributed by atoms with Crippen LogP contribution in [0.2, 0.25) is 0 Å². The Morgan fingerprint density at radius 1 is 0.362 bits per heavy atom. The van der Waals surface area contributed by atoms with Crippen molar-refractivity contribution in [3.63, 3.8) is 0 Å². The first kappa shape index (κ1) is 56.6. The summed E-state index contributed by atoms with van der Waals surface area (Å²) in [6, 6.07) is -1.77. The van der Waals surface area contributed by atoms with Crippen LogP contribution in [0.5, 0.6) is 0 Å². The van der Waals surface area contributed by atoms with E-state index in [1.165, 1.54) is 13.8 Å². The number of carbonyl (C=O) groups is 1. The second-order valence-corrected chi connectivity index (χ2v) is 17.8. The van der Waals surface area contributed by atoms with Crippen LogP contribution in [0.15, 0.2) is 0 Å². The summed E-state index contributed by atoms with van der Waals surface area (Å²) in [5.74, 6) is -0.852. The maximum atomic E-state index is 12.8. The van der Waals surface area contributed by atoms with Crippen LogP contribution in [0.3, 0.4) is 0 Å². The molecule has 6 rings (SSSR count). The molecule has 1 amide bonds. The van der Waals surface area contributed by atoms with Crippen molar-refractivity contribution in [2.45, 2.75) is 205 Å². The van der Waals surface area contributed by atoms with Crippen LogP contribution in [0.1, 0.15) is 20.8 Å². The van der Waals surface area contributed by atoms with Crippen LogP contribution in [-0.4, -0.2) is 310 Å². The largest absolute Gasteiger partial charge is 0.394 e. The first-order chi connectivity index (χ1) is 32.6. The van der Waals surface area contributed by atoms with Crippen molar-refractivity contribution in [2.24, 2.45) is 0 Å². The molecule has 30 atom stereocenters. The van der Waals surface area contributed by atoms with Gasteiger partial charge in [0.1, 0.15) is 140 Å². The van der Waals surface area contributed by atoms with E-state index in [2.05, 4.69) is 5.32 Å². The molecule has 0 aliphatic carbocycles. The third kappa shape index (κ3) is 11.8. The Morgan fingerprint density at radius 2 is 0.725 bits per heavy atom. The van der Waals surface area contributed by atoms with E-state index in [-0.39, 0.29) is 0 Å². The second-order valence-electron chi connectivity index (χ2n) is 17.8. The SMILES string of the molecule is CC(=O)NC1[C@H](O[C@@H]2C(O)[C@@H](O[C@H]3C(CO)O[C@@H](O[C@@H]4C(CO)O[C@@H](C)C(O)[C@H]4O)C(O)[C@H]3O)OC(CO)[C@@H]2O)OC(CO)[C@H](O)[C@@H]1O[C@@H]1OC(CO)[C@H](O)[C@H](O)C1O[C@@H]1OC(C)[C@@H](O)C(O)[C@@H]1O. The van der Waals surface area contributed by atoms with Crippen molar-refractivity contribution in [2.75, 3.05) is 33.0 Å². The molecule has 6 heterocycles. The Bertz CT molecular complexity index is 1610. The zero-order valence-corrected chi connectivity index (χ0v) is 37.4. The Morgan fingerprint density at radius 3 is 1.29 bits per heavy atom. The molecule has 0 spiro atoms. The molecule has 0 radical (unpaired) electrons. The molecule has 402 valence electrons. The normalized spacial score (nSPS) is 52.1. The van der Waals surface area contributed by atoms with Gasteiger partial charge in [-0.1, -0.05) is 0 Å². The number of hydrogen-bond acceptors (Lipinski definition) is 29. The molecule has 18 N–H and O–H groups in total. The molecule has 0 bridgehead atoms. The third-order valence-corrected chi connectivity index (χ3v) is 13.1. The van der Waals surface area contributed by atoms with E-state index in [0.29, 0.717) is 0 Å². The summed E-state index contributed by atoms with van der Waals surface area (Å²) >= 11 is 0. The number of hydrogen-bond donors (Lipinski definition) is 18. The fourth-order valence-corrected chi connectivity index (χ4v) is 9.04. The number of rotatable bonds is 16. The van der Waals surface area contributed by atoms with Crippen molar-refractivity contribution < 1.29 is 144 Å². The van der Waals surface area contributed by atoms with E-state index >= 15 is 0 Å². The van der Waals surface area contributed by atoms with Gasteiger partial charge in [0.25, 0.3) is 0 Å². The average molecular weight is 1010 g/mol. The van der Waals surface area contributed by atoms with Gasteiger partial charge >= 0.3 is 0 Å². The summed E-state index contributed by atoms with van der Waals surface area (Å²) in [6.45, 7) is -0.875. The fraction of sp³-hybridized carbons (Fsp3) is 0.974. The van der Waals surface area contributed by atoms with Crippen LogP contribution in [0, 0.1) is 0 Å². The molecule has 0 aromatic heterocycles. The highest BCUT2D eigenvalue weighted by molar-refractivity contribution is 5.73. The Balaban J connectivity index is 1.23. The quantitative estimate of drug-likeness (QED) is 0.0682. The van der Waals surface area contributed by atoms with Gasteiger partial charge in [0.2, 0.25) is 5.91 Å². The maximum Gasteiger partial charge on any atom is 0.217 e. The smallest absolute Gasteiger partial charge is 0.217 e. The first-order valence-corrected chi connectivity index (χ1v) is 22.3. The van der Waals surface area contributed by atoms with Gasteiger partial charge in [0.05, 0.1) is 45.2 Å². The summed E-state index contributed by atoms with van der Waals surface area (Å²) < 4.78 is 63.1. The predicted octanol–water partition coefficient (Wildman–Crippen LogP) is -11.9. The Kier molecular flexibility index (Phi) is 19.8. The first-order valence-electron chi connectivity index (χ1n) is 22.3. The van der Waals surface area contributed by atoms with Gasteiger partial charge in [-0.15, -0.1) is 0 Å². The summed E-state index contributed by atoms with van der Waals surface area (Å²) in [5, 5.41) is 185. The molecule has 30 heteroatoms. The van der Waals surface area contributed by atoms with E-state index in [1.807, 2.05) is 0 Å². The Hall–Kier alpha value is -1.65. The minimum atomic E-state index is -2.19. The molecule has 0 aromatic rings. The van der Waals surface area contributed by atoms with Crippen LogP contribution in [0.25, 0.3) is 0 Å². The van der Waals surface area contributed by atoms with Gasteiger partial charge in [-0.05, 0) is 13.8 Å². The highest BCUT2D eigenvalue weighted by Gasteiger charge is 2.58. The topological polar surface area (TPSA) is 475 Å². The molecule has 6 saturated heterocycles. The lowest BCUT2D eigenvalue weighted by atomic mass is 9.94. The number of aliphatic hydroxyl groups is 17. The number of carbonyl (C=O) groups excluding carboxylic acids is 1. The van der Waals surface area contributed by atoms with Crippen molar-refractivity contribution in [3.8, 4) is 0 Å². The minimum absolute atomic E-state index is 0.713. The maximum absolute atomic E-state index is 12.8. The molecule has 30 nitrogen and oxygen atoms in total. The van der Waals surface area contributed by atoms with E-state index in [9.17, 15) is 91.6 Å². The van der Waals surface area contributed by atoms with E-state index in [1.54, 1.807) is 0 Å². The summed E-state index contributed by atoms with van der Waals surface area (Å²) in [4.78, 5) is 12.8. The molecule has 6 fully saturated rings. The molecule has 0 saturated carbocycles. The molecule has 6 aliphatic heterocycles. The van der Waals surface area contributed by atoms with Crippen LogP contribution >= 0.6 is 0 Å². The van der Waals surface area contributed by atoms with Gasteiger partial charge in [0.15, 0.2) is 31.5 Å². The number of amides is 1. The molecular formula is C39H67NO29. The lowest BCUT2D eigenvalue weighted by Crippen LogP contribution is -2.70. The van der Waals surface area contributed by atoms with Gasteiger partial charge in [-0.25, -0.2) is 0 Å². The molecule has 12 unspecified atom stereocenters. The summed E-state index contributed by atoms with van der Waals surface area (Å²) in [7, 11) is 0. The lowest BCUT2D eigenvalue weighted by Gasteiger charge is -2.51. The minimum Gasteiger partial charge on any atom is -0.394 e. The number of ether oxygens (including phenoxy) is 11. The van der Waals surface area contributed by atoms with Gasteiger partial charge in [-0.3, -0.25) is 4.79 Å². The monoisotopic (exact) mass is 1010 g/mol.